The second-order valence-electron chi connectivity index (χ2n) is 10.8. The zero-order valence-electron chi connectivity index (χ0n) is 25.2. The Bertz CT molecular complexity index is 1640. The van der Waals surface area contributed by atoms with Crippen LogP contribution < -0.4 is 9.62 Å². The molecule has 0 saturated heterocycles. The molecule has 0 bridgehead atoms. The van der Waals surface area contributed by atoms with E-state index in [1.165, 1.54) is 4.90 Å². The number of rotatable bonds is 12. The molecule has 1 atom stereocenters. The fraction of sp³-hybridized carbons (Fsp3) is 0.257. The van der Waals surface area contributed by atoms with Gasteiger partial charge in [0.15, 0.2) is 0 Å². The van der Waals surface area contributed by atoms with Crippen LogP contribution in [0.25, 0.3) is 0 Å². The summed E-state index contributed by atoms with van der Waals surface area (Å²) in [4.78, 5) is 29.5. The lowest BCUT2D eigenvalue weighted by atomic mass is 10.0. The number of amides is 2. The van der Waals surface area contributed by atoms with Gasteiger partial charge in [-0.2, -0.15) is 0 Å². The molecule has 0 spiro atoms. The minimum absolute atomic E-state index is 0.0852. The van der Waals surface area contributed by atoms with E-state index in [2.05, 4.69) is 5.32 Å². The number of hydrogen-bond donors (Lipinski definition) is 1. The van der Waals surface area contributed by atoms with E-state index < -0.39 is 28.5 Å². The van der Waals surface area contributed by atoms with Gasteiger partial charge in [0.2, 0.25) is 11.8 Å². The minimum Gasteiger partial charge on any atom is -0.355 e. The third-order valence-corrected chi connectivity index (χ3v) is 9.06. The lowest BCUT2D eigenvalue weighted by Crippen LogP contribution is -2.53. The molecule has 4 aromatic carbocycles. The Labute approximate surface area is 255 Å². The molecule has 0 radical (unpaired) electrons. The fourth-order valence-electron chi connectivity index (χ4n) is 4.89. The predicted molar refractivity (Wildman–Crippen MR) is 171 cm³/mol. The molecule has 4 aromatic rings. The molecule has 0 unspecified atom stereocenters. The molecule has 0 fully saturated rings. The quantitative estimate of drug-likeness (QED) is 0.231. The highest BCUT2D eigenvalue weighted by atomic mass is 32.2. The van der Waals surface area contributed by atoms with Crippen molar-refractivity contribution in [3.05, 3.63) is 131 Å². The standard InChI is InChI=1S/C35H39N3O4S/c1-5-36-35(40)33(23-29-11-7-6-8-12-29)37(24-30-18-14-26(2)15-19-30)34(39)25-38(31-13-9-10-28(4)22-31)43(41,42)32-20-16-27(3)17-21-32/h6-22,33H,5,23-25H2,1-4H3,(H,36,40)/t33-/m0/s1. The van der Waals surface area contributed by atoms with Crippen LogP contribution in [-0.2, 0) is 32.6 Å². The van der Waals surface area contributed by atoms with Gasteiger partial charge < -0.3 is 10.2 Å². The molecule has 0 aromatic heterocycles. The van der Waals surface area contributed by atoms with Crippen LogP contribution in [0.3, 0.4) is 0 Å². The zero-order chi connectivity index (χ0) is 31.0. The number of nitrogens with one attached hydrogen (secondary N) is 1. The van der Waals surface area contributed by atoms with E-state index in [9.17, 15) is 18.0 Å². The van der Waals surface area contributed by atoms with Crippen molar-refractivity contribution in [3.8, 4) is 0 Å². The van der Waals surface area contributed by atoms with Crippen molar-refractivity contribution in [3.63, 3.8) is 0 Å². The Balaban J connectivity index is 1.79. The summed E-state index contributed by atoms with van der Waals surface area (Å²) in [5.74, 6) is -0.778. The third-order valence-electron chi connectivity index (χ3n) is 7.27. The topological polar surface area (TPSA) is 86.8 Å². The average Bonchev–Trinajstić information content (AvgIpc) is 2.99. The molecule has 0 heterocycles. The van der Waals surface area contributed by atoms with E-state index in [0.29, 0.717) is 12.2 Å². The number of likely N-dealkylation sites (N-methyl/N-ethyl adjacent to an activating group) is 1. The van der Waals surface area contributed by atoms with Crippen molar-refractivity contribution < 1.29 is 18.0 Å². The molecule has 8 heteroatoms. The van der Waals surface area contributed by atoms with Gasteiger partial charge in [-0.1, -0.05) is 90.0 Å². The van der Waals surface area contributed by atoms with E-state index in [1.807, 2.05) is 88.4 Å². The van der Waals surface area contributed by atoms with Crippen LogP contribution in [-0.4, -0.2) is 44.3 Å². The molecule has 0 saturated carbocycles. The number of aryl methyl sites for hydroxylation is 3. The van der Waals surface area contributed by atoms with Crippen molar-refractivity contribution in [2.24, 2.45) is 0 Å². The summed E-state index contributed by atoms with van der Waals surface area (Å²) >= 11 is 0. The number of anilines is 1. The molecule has 7 nitrogen and oxygen atoms in total. The predicted octanol–water partition coefficient (Wildman–Crippen LogP) is 5.58. The Hall–Kier alpha value is -4.43. The van der Waals surface area contributed by atoms with Gasteiger partial charge >= 0.3 is 0 Å². The first-order valence-electron chi connectivity index (χ1n) is 14.4. The van der Waals surface area contributed by atoms with E-state index in [4.69, 9.17) is 0 Å². The van der Waals surface area contributed by atoms with Gasteiger partial charge in [0.25, 0.3) is 10.0 Å². The number of nitrogens with zero attached hydrogens (tertiary/aromatic N) is 2. The van der Waals surface area contributed by atoms with Crippen LogP contribution in [0.15, 0.2) is 108 Å². The molecule has 0 aliphatic heterocycles. The van der Waals surface area contributed by atoms with Crippen LogP contribution >= 0.6 is 0 Å². The highest BCUT2D eigenvalue weighted by Gasteiger charge is 2.34. The van der Waals surface area contributed by atoms with Gasteiger partial charge in [-0.15, -0.1) is 0 Å². The third kappa shape index (κ3) is 8.11. The second-order valence-corrected chi connectivity index (χ2v) is 12.6. The summed E-state index contributed by atoms with van der Waals surface area (Å²) in [5.41, 5.74) is 4.96. The van der Waals surface area contributed by atoms with Crippen LogP contribution in [0.2, 0.25) is 0 Å². The fourth-order valence-corrected chi connectivity index (χ4v) is 6.29. The molecule has 1 N–H and O–H groups in total. The maximum atomic E-state index is 14.4. The molecule has 4 rings (SSSR count). The normalized spacial score (nSPS) is 11.9. The summed E-state index contributed by atoms with van der Waals surface area (Å²) < 4.78 is 29.3. The highest BCUT2D eigenvalue weighted by molar-refractivity contribution is 7.92. The summed E-state index contributed by atoms with van der Waals surface area (Å²) in [6, 6.07) is 30.1. The molecule has 0 aliphatic rings. The summed E-state index contributed by atoms with van der Waals surface area (Å²) in [6.45, 7) is 7.63. The molecular formula is C35H39N3O4S. The monoisotopic (exact) mass is 597 g/mol. The van der Waals surface area contributed by atoms with Crippen molar-refractivity contribution in [1.82, 2.24) is 10.2 Å². The Kier molecular flexibility index (Phi) is 10.4. The van der Waals surface area contributed by atoms with E-state index in [-0.39, 0.29) is 23.8 Å². The van der Waals surface area contributed by atoms with Crippen LogP contribution in [0.4, 0.5) is 5.69 Å². The first-order valence-corrected chi connectivity index (χ1v) is 15.8. The zero-order valence-corrected chi connectivity index (χ0v) is 26.0. The number of carbonyl (C=O) groups excluding carboxylic acids is 2. The lowest BCUT2D eigenvalue weighted by molar-refractivity contribution is -0.140. The Morgan fingerprint density at radius 1 is 0.744 bits per heavy atom. The SMILES string of the molecule is CCNC(=O)[C@H](Cc1ccccc1)N(Cc1ccc(C)cc1)C(=O)CN(c1cccc(C)c1)S(=O)(=O)c1ccc(C)cc1. The minimum atomic E-state index is -4.12. The van der Waals surface area contributed by atoms with Crippen molar-refractivity contribution >= 4 is 27.5 Å². The summed E-state index contributed by atoms with van der Waals surface area (Å²) in [7, 11) is -4.12. The van der Waals surface area contributed by atoms with Gasteiger partial charge in [-0.3, -0.25) is 13.9 Å². The smallest absolute Gasteiger partial charge is 0.264 e. The maximum absolute atomic E-state index is 14.4. The Morgan fingerprint density at radius 3 is 1.98 bits per heavy atom. The second kappa shape index (κ2) is 14.2. The largest absolute Gasteiger partial charge is 0.355 e. The van der Waals surface area contributed by atoms with E-state index >= 15 is 0 Å². The van der Waals surface area contributed by atoms with Crippen molar-refractivity contribution in [2.45, 2.75) is 51.6 Å². The molecule has 224 valence electrons. The number of sulfonamides is 1. The average molecular weight is 598 g/mol. The molecular weight excluding hydrogens is 558 g/mol. The van der Waals surface area contributed by atoms with Gasteiger partial charge in [0.1, 0.15) is 12.6 Å². The first-order chi connectivity index (χ1) is 20.6. The number of benzene rings is 4. The molecule has 2 amide bonds. The highest BCUT2D eigenvalue weighted by Crippen LogP contribution is 2.26. The summed E-state index contributed by atoms with van der Waals surface area (Å²) in [6.07, 6.45) is 0.277. The van der Waals surface area contributed by atoms with Gasteiger partial charge in [-0.05, 0) is 68.7 Å². The first kappa shape index (κ1) is 31.5. The van der Waals surface area contributed by atoms with Gasteiger partial charge in [-0.25, -0.2) is 8.42 Å². The van der Waals surface area contributed by atoms with Gasteiger partial charge in [0.05, 0.1) is 10.6 Å². The summed E-state index contributed by atoms with van der Waals surface area (Å²) in [5, 5.41) is 2.89. The maximum Gasteiger partial charge on any atom is 0.264 e. The van der Waals surface area contributed by atoms with Crippen molar-refractivity contribution in [2.75, 3.05) is 17.4 Å². The van der Waals surface area contributed by atoms with Gasteiger partial charge in [0, 0.05) is 19.5 Å². The van der Waals surface area contributed by atoms with Crippen LogP contribution in [0.1, 0.15) is 34.7 Å². The molecule has 43 heavy (non-hydrogen) atoms. The molecule has 0 aliphatic carbocycles. The van der Waals surface area contributed by atoms with E-state index in [1.54, 1.807) is 42.5 Å². The number of carbonyl (C=O) groups is 2. The van der Waals surface area contributed by atoms with E-state index in [0.717, 1.165) is 32.1 Å². The lowest BCUT2D eigenvalue weighted by Gasteiger charge is -2.34. The van der Waals surface area contributed by atoms with Crippen LogP contribution in [0, 0.1) is 20.8 Å². The van der Waals surface area contributed by atoms with Crippen molar-refractivity contribution in [1.29, 1.82) is 0 Å². The Morgan fingerprint density at radius 2 is 1.37 bits per heavy atom. The van der Waals surface area contributed by atoms with Crippen LogP contribution in [0.5, 0.6) is 0 Å². The number of hydrogen-bond acceptors (Lipinski definition) is 4.